The van der Waals surface area contributed by atoms with Gasteiger partial charge in [-0.15, -0.1) is 0 Å². The van der Waals surface area contributed by atoms with Gasteiger partial charge in [-0.25, -0.2) is 0 Å². The molecule has 0 heterocycles. The fourth-order valence-electron chi connectivity index (χ4n) is 0.869. The van der Waals surface area contributed by atoms with Crippen molar-refractivity contribution >= 4 is 20.6 Å². The van der Waals surface area contributed by atoms with Crippen molar-refractivity contribution in [2.45, 2.75) is 12.2 Å². The summed E-state index contributed by atoms with van der Waals surface area (Å²) in [4.78, 5) is 0. The summed E-state index contributed by atoms with van der Waals surface area (Å²) in [5.74, 6) is 0. The predicted molar refractivity (Wildman–Crippen MR) is 63.2 cm³/mol. The van der Waals surface area contributed by atoms with E-state index in [0.717, 1.165) is 0 Å². The van der Waals surface area contributed by atoms with Crippen molar-refractivity contribution in [1.29, 1.82) is 0 Å². The van der Waals surface area contributed by atoms with Crippen molar-refractivity contribution in [2.24, 2.45) is 0 Å². The van der Waals surface area contributed by atoms with Crippen molar-refractivity contribution in [1.82, 2.24) is 0 Å². The molecule has 0 spiro atoms. The molecular formula is C10H9F6IO2. The molecule has 0 aliphatic heterocycles. The molecule has 0 saturated carbocycles. The van der Waals surface area contributed by atoms with Crippen molar-refractivity contribution in [3.05, 3.63) is 33.9 Å². The summed E-state index contributed by atoms with van der Waals surface area (Å²) in [6.45, 7) is -4.36. The van der Waals surface area contributed by atoms with Gasteiger partial charge in [-0.05, 0) is 0 Å². The van der Waals surface area contributed by atoms with Gasteiger partial charge in [0.15, 0.2) is 0 Å². The number of benzene rings is 1. The number of alkyl halides is 6. The minimum absolute atomic E-state index is 0.0621. The van der Waals surface area contributed by atoms with Gasteiger partial charge in [-0.2, -0.15) is 0 Å². The molecule has 19 heavy (non-hydrogen) atoms. The van der Waals surface area contributed by atoms with Crippen LogP contribution in [0.3, 0.4) is 0 Å². The zero-order valence-corrected chi connectivity index (χ0v) is 11.4. The molecule has 2 nitrogen and oxygen atoms in total. The van der Waals surface area contributed by atoms with E-state index >= 15 is 0 Å². The molecule has 0 radical (unpaired) electrons. The molecule has 0 atom stereocenters. The molecule has 110 valence electrons. The van der Waals surface area contributed by atoms with E-state index in [1.54, 1.807) is 0 Å². The second-order valence-electron chi connectivity index (χ2n) is 3.21. The molecule has 0 aromatic heterocycles. The molecule has 1 aromatic rings. The van der Waals surface area contributed by atoms with Gasteiger partial charge in [0.2, 0.25) is 0 Å². The van der Waals surface area contributed by atoms with E-state index in [9.17, 15) is 26.3 Å². The number of halogens is 7. The summed E-state index contributed by atoms with van der Waals surface area (Å²) in [5, 5.41) is 0. The Hall–Kier alpha value is -0.550. The summed E-state index contributed by atoms with van der Waals surface area (Å²) in [6.07, 6.45) is -8.49. The van der Waals surface area contributed by atoms with E-state index in [0.29, 0.717) is 0 Å². The Kier molecular flexibility index (Phi) is 5.86. The number of hydrogen-bond donors (Lipinski definition) is 0. The Balaban J connectivity index is 2.92. The van der Waals surface area contributed by atoms with Crippen LogP contribution in [0.4, 0.5) is 26.3 Å². The molecule has 0 amide bonds. The van der Waals surface area contributed by atoms with Gasteiger partial charge in [-0.3, -0.25) is 0 Å². The topological polar surface area (TPSA) is 18.5 Å². The van der Waals surface area contributed by atoms with Gasteiger partial charge < -0.3 is 0 Å². The van der Waals surface area contributed by atoms with E-state index in [4.69, 9.17) is 0 Å². The van der Waals surface area contributed by atoms with E-state index in [1.165, 1.54) is 30.3 Å². The first-order valence-electron chi connectivity index (χ1n) is 4.81. The SMILES string of the molecule is FCC(F)(F)OI(OC(F)(F)CF)c1ccccc1. The molecular weight excluding hydrogens is 393 g/mol. The fourth-order valence-corrected chi connectivity index (χ4v) is 3.88. The van der Waals surface area contributed by atoms with E-state index in [-0.39, 0.29) is 3.57 Å². The summed E-state index contributed by atoms with van der Waals surface area (Å²) in [5.41, 5.74) is 0. The Bertz CT molecular complexity index is 371. The number of rotatable bonds is 7. The average Bonchev–Trinajstić information content (AvgIpc) is 2.38. The Morgan fingerprint density at radius 3 is 1.63 bits per heavy atom. The molecule has 9 heteroatoms. The van der Waals surface area contributed by atoms with Crippen LogP contribution in [0.25, 0.3) is 0 Å². The van der Waals surface area contributed by atoms with Crippen LogP contribution in [-0.4, -0.2) is 25.6 Å². The molecule has 0 aliphatic rings. The Labute approximate surface area is 113 Å². The van der Waals surface area contributed by atoms with E-state index in [2.05, 4.69) is 6.13 Å². The van der Waals surface area contributed by atoms with Crippen molar-refractivity contribution < 1.29 is 32.5 Å². The van der Waals surface area contributed by atoms with Crippen LogP contribution >= 0.6 is 20.6 Å². The molecule has 0 bridgehead atoms. The van der Waals surface area contributed by atoms with Gasteiger partial charge in [0.05, 0.1) is 0 Å². The van der Waals surface area contributed by atoms with Crippen LogP contribution in [0.15, 0.2) is 30.3 Å². The second-order valence-corrected chi connectivity index (χ2v) is 6.58. The standard InChI is InChI=1S/C10H9F6IO2/c11-6-9(13,14)18-17(19-10(15,16)7-12)8-4-2-1-3-5-8/h1-5H,6-7H2. The molecule has 1 rings (SSSR count). The van der Waals surface area contributed by atoms with Crippen molar-refractivity contribution in [3.8, 4) is 0 Å². The van der Waals surface area contributed by atoms with Crippen LogP contribution in [0, 0.1) is 3.57 Å². The van der Waals surface area contributed by atoms with Gasteiger partial charge in [0.1, 0.15) is 0 Å². The van der Waals surface area contributed by atoms with Gasteiger partial charge in [0.25, 0.3) is 0 Å². The van der Waals surface area contributed by atoms with Gasteiger partial charge in [0, 0.05) is 0 Å². The summed E-state index contributed by atoms with van der Waals surface area (Å²) >= 11 is -4.06. The van der Waals surface area contributed by atoms with Crippen molar-refractivity contribution in [3.63, 3.8) is 0 Å². The molecule has 1 aromatic carbocycles. The third kappa shape index (κ3) is 5.53. The Morgan fingerprint density at radius 2 is 1.26 bits per heavy atom. The summed E-state index contributed by atoms with van der Waals surface area (Å²) in [6, 6.07) is 6.71. The predicted octanol–water partition coefficient (Wildman–Crippen LogP) is 4.35. The van der Waals surface area contributed by atoms with Crippen LogP contribution in [-0.2, 0) is 6.13 Å². The summed E-state index contributed by atoms with van der Waals surface area (Å²) in [7, 11) is 0. The van der Waals surface area contributed by atoms with Crippen LogP contribution in [0.1, 0.15) is 0 Å². The maximum atomic E-state index is 12.8. The first-order chi connectivity index (χ1) is 8.79. The normalized spacial score (nSPS) is 13.5. The molecule has 0 saturated heterocycles. The number of hydrogen-bond acceptors (Lipinski definition) is 2. The molecule has 0 fully saturated rings. The van der Waals surface area contributed by atoms with Crippen molar-refractivity contribution in [2.75, 3.05) is 13.3 Å². The maximum absolute atomic E-state index is 12.8. The van der Waals surface area contributed by atoms with Gasteiger partial charge >= 0.3 is 113 Å². The van der Waals surface area contributed by atoms with Gasteiger partial charge in [-0.1, -0.05) is 0 Å². The van der Waals surface area contributed by atoms with E-state index < -0.39 is 46.2 Å². The van der Waals surface area contributed by atoms with E-state index in [1.807, 2.05) is 0 Å². The summed E-state index contributed by atoms with van der Waals surface area (Å²) < 4.78 is 83.1. The first kappa shape index (κ1) is 16.5. The van der Waals surface area contributed by atoms with Crippen LogP contribution in [0.2, 0.25) is 0 Å². The Morgan fingerprint density at radius 1 is 0.842 bits per heavy atom. The quantitative estimate of drug-likeness (QED) is 0.499. The monoisotopic (exact) mass is 402 g/mol. The minimum atomic E-state index is -4.24. The molecule has 0 unspecified atom stereocenters. The van der Waals surface area contributed by atoms with Crippen LogP contribution < -0.4 is 0 Å². The third-order valence-corrected chi connectivity index (χ3v) is 5.41. The zero-order chi connectivity index (χ0) is 14.5. The third-order valence-electron chi connectivity index (χ3n) is 1.59. The first-order valence-corrected chi connectivity index (χ1v) is 7.65. The second kappa shape index (κ2) is 6.75. The molecule has 0 aliphatic carbocycles. The fraction of sp³-hybridized carbons (Fsp3) is 0.400. The molecule has 0 N–H and O–H groups in total. The van der Waals surface area contributed by atoms with Crippen LogP contribution in [0.5, 0.6) is 0 Å². The average molecular weight is 402 g/mol. The zero-order valence-electron chi connectivity index (χ0n) is 9.26.